The van der Waals surface area contributed by atoms with Gasteiger partial charge in [0.05, 0.1) is 18.6 Å². The summed E-state index contributed by atoms with van der Waals surface area (Å²) in [4.78, 5) is 35.8. The van der Waals surface area contributed by atoms with Gasteiger partial charge in [-0.25, -0.2) is 4.79 Å². The molecule has 0 unspecified atom stereocenters. The molecule has 0 saturated heterocycles. The summed E-state index contributed by atoms with van der Waals surface area (Å²) in [5.41, 5.74) is 1.74. The summed E-state index contributed by atoms with van der Waals surface area (Å²) in [5, 5.41) is 4.65. The molecule has 0 bridgehead atoms. The average molecular weight is 391 g/mol. The van der Waals surface area contributed by atoms with Crippen molar-refractivity contribution in [2.75, 3.05) is 18.5 Å². The second kappa shape index (κ2) is 9.50. The molecule has 0 aliphatic carbocycles. The number of anilines is 1. The second-order valence-corrected chi connectivity index (χ2v) is 6.32. The van der Waals surface area contributed by atoms with Gasteiger partial charge in [-0.2, -0.15) is 0 Å². The maximum Gasteiger partial charge on any atom is 0.338 e. The third-order valence-corrected chi connectivity index (χ3v) is 4.26. The Morgan fingerprint density at radius 1 is 0.862 bits per heavy atom. The van der Waals surface area contributed by atoms with Crippen LogP contribution in [0.1, 0.15) is 22.8 Å². The first-order valence-corrected chi connectivity index (χ1v) is 9.26. The number of nitrogens with one attached hydrogen (secondary N) is 1. The summed E-state index contributed by atoms with van der Waals surface area (Å²) in [7, 11) is 0. The van der Waals surface area contributed by atoms with E-state index in [1.807, 2.05) is 42.5 Å². The number of hydrogen-bond donors (Lipinski definition) is 1. The van der Waals surface area contributed by atoms with Crippen LogP contribution in [0.3, 0.4) is 0 Å². The van der Waals surface area contributed by atoms with E-state index < -0.39 is 17.8 Å². The van der Waals surface area contributed by atoms with Crippen LogP contribution in [0.25, 0.3) is 10.8 Å². The maximum absolute atomic E-state index is 12.1. The van der Waals surface area contributed by atoms with Crippen molar-refractivity contribution in [3.8, 4) is 0 Å². The van der Waals surface area contributed by atoms with Gasteiger partial charge in [0.1, 0.15) is 0 Å². The summed E-state index contributed by atoms with van der Waals surface area (Å²) in [5.74, 6) is -1.36. The van der Waals surface area contributed by atoms with Crippen LogP contribution in [0, 0.1) is 0 Å². The zero-order chi connectivity index (χ0) is 20.6. The minimum Gasteiger partial charge on any atom is -0.462 e. The molecule has 148 valence electrons. The highest BCUT2D eigenvalue weighted by Gasteiger charge is 2.11. The molecule has 3 aromatic carbocycles. The van der Waals surface area contributed by atoms with E-state index >= 15 is 0 Å². The summed E-state index contributed by atoms with van der Waals surface area (Å²) in [6.45, 7) is 1.64. The van der Waals surface area contributed by atoms with Gasteiger partial charge in [-0.15, -0.1) is 0 Å². The van der Waals surface area contributed by atoms with Crippen LogP contribution in [0.15, 0.2) is 66.7 Å². The summed E-state index contributed by atoms with van der Waals surface area (Å²) < 4.78 is 10.0. The topological polar surface area (TPSA) is 81.7 Å². The minimum atomic E-state index is -0.478. The Morgan fingerprint density at radius 3 is 2.34 bits per heavy atom. The van der Waals surface area contributed by atoms with E-state index in [9.17, 15) is 14.4 Å². The fraction of sp³-hybridized carbons (Fsp3) is 0.174. The van der Waals surface area contributed by atoms with E-state index in [-0.39, 0.29) is 13.0 Å². The second-order valence-electron chi connectivity index (χ2n) is 6.32. The van der Waals surface area contributed by atoms with Crippen LogP contribution in [-0.2, 0) is 25.5 Å². The molecule has 0 fully saturated rings. The highest BCUT2D eigenvalue weighted by atomic mass is 16.5. The number of ether oxygens (including phenoxy) is 2. The highest BCUT2D eigenvalue weighted by molar-refractivity contribution is 5.95. The molecule has 0 heterocycles. The number of hydrogen-bond acceptors (Lipinski definition) is 5. The molecule has 0 spiro atoms. The van der Waals surface area contributed by atoms with Crippen molar-refractivity contribution in [3.05, 3.63) is 77.9 Å². The van der Waals surface area contributed by atoms with Gasteiger partial charge >= 0.3 is 11.9 Å². The van der Waals surface area contributed by atoms with E-state index in [2.05, 4.69) is 5.32 Å². The Labute approximate surface area is 168 Å². The van der Waals surface area contributed by atoms with Crippen LogP contribution < -0.4 is 5.32 Å². The van der Waals surface area contributed by atoms with E-state index in [1.165, 1.54) is 0 Å². The fourth-order valence-corrected chi connectivity index (χ4v) is 2.90. The summed E-state index contributed by atoms with van der Waals surface area (Å²) in [6.07, 6.45) is 0.0862. The van der Waals surface area contributed by atoms with Crippen LogP contribution in [0.2, 0.25) is 0 Å². The van der Waals surface area contributed by atoms with Crippen molar-refractivity contribution in [2.24, 2.45) is 0 Å². The summed E-state index contributed by atoms with van der Waals surface area (Å²) >= 11 is 0. The Hall–Kier alpha value is -3.67. The molecular formula is C23H21NO5. The molecule has 0 aliphatic rings. The molecule has 1 N–H and O–H groups in total. The Kier molecular flexibility index (Phi) is 6.58. The van der Waals surface area contributed by atoms with Crippen LogP contribution in [0.4, 0.5) is 5.69 Å². The molecule has 0 saturated carbocycles. The molecule has 0 atom stereocenters. The van der Waals surface area contributed by atoms with E-state index in [1.54, 1.807) is 31.2 Å². The van der Waals surface area contributed by atoms with Gasteiger partial charge in [-0.3, -0.25) is 9.59 Å². The first-order chi connectivity index (χ1) is 14.1. The van der Waals surface area contributed by atoms with Crippen LogP contribution in [-0.4, -0.2) is 31.1 Å². The Morgan fingerprint density at radius 2 is 1.59 bits per heavy atom. The largest absolute Gasteiger partial charge is 0.462 e. The number of carbonyl (C=O) groups is 3. The van der Waals surface area contributed by atoms with Crippen molar-refractivity contribution < 1.29 is 23.9 Å². The normalized spacial score (nSPS) is 10.4. The lowest BCUT2D eigenvalue weighted by Gasteiger charge is -2.09. The van der Waals surface area contributed by atoms with Gasteiger partial charge in [0, 0.05) is 5.69 Å². The Balaban J connectivity index is 1.51. The van der Waals surface area contributed by atoms with Crippen molar-refractivity contribution in [1.82, 2.24) is 0 Å². The molecular weight excluding hydrogens is 370 g/mol. The lowest BCUT2D eigenvalue weighted by Crippen LogP contribution is -2.21. The Bertz CT molecular complexity index is 1020. The molecule has 0 aromatic heterocycles. The molecule has 0 aliphatic heterocycles. The fourth-order valence-electron chi connectivity index (χ4n) is 2.90. The van der Waals surface area contributed by atoms with E-state index in [4.69, 9.17) is 9.47 Å². The van der Waals surface area contributed by atoms with Crippen LogP contribution in [0.5, 0.6) is 0 Å². The third-order valence-electron chi connectivity index (χ3n) is 4.26. The zero-order valence-corrected chi connectivity index (χ0v) is 16.0. The molecule has 6 heteroatoms. The lowest BCUT2D eigenvalue weighted by molar-refractivity contribution is -0.146. The average Bonchev–Trinajstić information content (AvgIpc) is 2.73. The third kappa shape index (κ3) is 5.42. The molecule has 3 aromatic rings. The van der Waals surface area contributed by atoms with Gasteiger partial charge in [-0.05, 0) is 47.5 Å². The number of amides is 1. The van der Waals surface area contributed by atoms with Gasteiger partial charge in [0.15, 0.2) is 6.61 Å². The SMILES string of the molecule is CCOC(=O)c1ccc(NC(=O)COC(=O)Cc2cccc3ccccc23)cc1. The number of carbonyl (C=O) groups excluding carboxylic acids is 3. The van der Waals surface area contributed by atoms with Crippen LogP contribution >= 0.6 is 0 Å². The molecule has 29 heavy (non-hydrogen) atoms. The maximum atomic E-state index is 12.1. The lowest BCUT2D eigenvalue weighted by atomic mass is 10.0. The molecule has 3 rings (SSSR count). The predicted molar refractivity (Wildman–Crippen MR) is 110 cm³/mol. The number of fused-ring (bicyclic) bond motifs is 1. The quantitative estimate of drug-likeness (QED) is 0.621. The number of esters is 2. The van der Waals surface area contributed by atoms with Gasteiger partial charge in [0.25, 0.3) is 5.91 Å². The smallest absolute Gasteiger partial charge is 0.338 e. The monoisotopic (exact) mass is 391 g/mol. The molecule has 6 nitrogen and oxygen atoms in total. The van der Waals surface area contributed by atoms with Gasteiger partial charge in [-0.1, -0.05) is 42.5 Å². The molecule has 0 radical (unpaired) electrons. The highest BCUT2D eigenvalue weighted by Crippen LogP contribution is 2.19. The van der Waals surface area contributed by atoms with Crippen molar-refractivity contribution in [3.63, 3.8) is 0 Å². The first kappa shape index (κ1) is 20.1. The molecule has 1 amide bonds. The van der Waals surface area contributed by atoms with E-state index in [0.717, 1.165) is 16.3 Å². The predicted octanol–water partition coefficient (Wildman–Crippen LogP) is 3.74. The zero-order valence-electron chi connectivity index (χ0n) is 16.0. The number of benzene rings is 3. The summed E-state index contributed by atoms with van der Waals surface area (Å²) in [6, 6.07) is 19.8. The van der Waals surface area contributed by atoms with Crippen molar-refractivity contribution in [1.29, 1.82) is 0 Å². The van der Waals surface area contributed by atoms with E-state index in [0.29, 0.717) is 17.9 Å². The van der Waals surface area contributed by atoms with Gasteiger partial charge < -0.3 is 14.8 Å². The first-order valence-electron chi connectivity index (χ1n) is 9.26. The number of rotatable bonds is 7. The standard InChI is InChI=1S/C23H21NO5/c1-2-28-23(27)17-10-12-19(13-11-17)24-21(25)15-29-22(26)14-18-8-5-7-16-6-3-4-9-20(16)18/h3-13H,2,14-15H2,1H3,(H,24,25). The van der Waals surface area contributed by atoms with Crippen molar-refractivity contribution in [2.45, 2.75) is 13.3 Å². The van der Waals surface area contributed by atoms with Crippen molar-refractivity contribution >= 4 is 34.3 Å². The minimum absolute atomic E-state index is 0.0862. The van der Waals surface area contributed by atoms with Gasteiger partial charge in [0.2, 0.25) is 0 Å².